The zero-order valence-corrected chi connectivity index (χ0v) is 14.0. The summed E-state index contributed by atoms with van der Waals surface area (Å²) in [5, 5.41) is 10.4. The predicted octanol–water partition coefficient (Wildman–Crippen LogP) is 2.54. The molecule has 25 heavy (non-hydrogen) atoms. The van der Waals surface area contributed by atoms with E-state index in [0.29, 0.717) is 44.1 Å². The molecule has 1 fully saturated rings. The van der Waals surface area contributed by atoms with Gasteiger partial charge >= 0.3 is 12.0 Å². The van der Waals surface area contributed by atoms with E-state index in [9.17, 15) is 9.59 Å². The van der Waals surface area contributed by atoms with E-state index in [-0.39, 0.29) is 17.9 Å². The highest BCUT2D eigenvalue weighted by atomic mass is 16.5. The van der Waals surface area contributed by atoms with Gasteiger partial charge in [-0.25, -0.2) is 4.79 Å². The first-order valence-electron chi connectivity index (χ1n) is 8.26. The van der Waals surface area contributed by atoms with Gasteiger partial charge in [-0.05, 0) is 38.0 Å². The Morgan fingerprint density at radius 3 is 2.84 bits per heavy atom. The predicted molar refractivity (Wildman–Crippen MR) is 89.7 cm³/mol. The molecule has 1 aliphatic rings. The molecule has 0 radical (unpaired) electrons. The lowest BCUT2D eigenvalue weighted by Crippen LogP contribution is -2.42. The third kappa shape index (κ3) is 4.14. The number of ether oxygens (including phenoxy) is 1. The highest BCUT2D eigenvalue weighted by molar-refractivity contribution is 5.90. The van der Waals surface area contributed by atoms with Crippen LogP contribution >= 0.6 is 0 Å². The van der Waals surface area contributed by atoms with Gasteiger partial charge in [0.2, 0.25) is 12.3 Å². The summed E-state index contributed by atoms with van der Waals surface area (Å²) >= 11 is 0. The van der Waals surface area contributed by atoms with Crippen LogP contribution in [0.3, 0.4) is 0 Å². The molecule has 0 aliphatic carbocycles. The molecule has 1 aromatic carbocycles. The average Bonchev–Trinajstić information content (AvgIpc) is 3.17. The van der Waals surface area contributed by atoms with E-state index in [1.807, 2.05) is 12.1 Å². The summed E-state index contributed by atoms with van der Waals surface area (Å²) in [7, 11) is 0. The maximum Gasteiger partial charge on any atom is 0.321 e. The van der Waals surface area contributed by atoms with E-state index < -0.39 is 0 Å². The van der Waals surface area contributed by atoms with Gasteiger partial charge in [0.05, 0.1) is 12.5 Å². The van der Waals surface area contributed by atoms with Crippen LogP contribution in [0.5, 0.6) is 0 Å². The van der Waals surface area contributed by atoms with Crippen molar-refractivity contribution in [1.82, 2.24) is 15.1 Å². The number of piperidine rings is 1. The molecule has 0 spiro atoms. The normalized spacial score (nSPS) is 15.0. The number of aromatic nitrogens is 2. The van der Waals surface area contributed by atoms with Crippen LogP contribution in [0.2, 0.25) is 0 Å². The third-order valence-electron chi connectivity index (χ3n) is 4.12. The lowest BCUT2D eigenvalue weighted by molar-refractivity contribution is -0.149. The average molecular weight is 344 g/mol. The van der Waals surface area contributed by atoms with Gasteiger partial charge in [0.1, 0.15) is 0 Å². The number of hydrogen-bond acceptors (Lipinski definition) is 6. The molecule has 132 valence electrons. The summed E-state index contributed by atoms with van der Waals surface area (Å²) in [6.07, 6.45) is 2.50. The minimum Gasteiger partial charge on any atom is -0.466 e. The molecule has 0 atom stereocenters. The van der Waals surface area contributed by atoms with E-state index in [1.54, 1.807) is 24.0 Å². The van der Waals surface area contributed by atoms with Crippen LogP contribution in [0, 0.1) is 5.92 Å². The number of amides is 2. The van der Waals surface area contributed by atoms with Crippen LogP contribution in [0.1, 0.15) is 19.8 Å². The smallest absolute Gasteiger partial charge is 0.321 e. The first kappa shape index (κ1) is 16.9. The number of hydrogen-bond donors (Lipinski definition) is 1. The number of esters is 1. The Morgan fingerprint density at radius 1 is 1.36 bits per heavy atom. The summed E-state index contributed by atoms with van der Waals surface area (Å²) in [6, 6.07) is 7.01. The number of likely N-dealkylation sites (tertiary alicyclic amines) is 1. The summed E-state index contributed by atoms with van der Waals surface area (Å²) in [6.45, 7) is 3.23. The Kier molecular flexibility index (Phi) is 5.27. The van der Waals surface area contributed by atoms with E-state index in [2.05, 4.69) is 15.5 Å². The summed E-state index contributed by atoms with van der Waals surface area (Å²) in [5.74, 6) is 0.103. The lowest BCUT2D eigenvalue weighted by Gasteiger charge is -2.30. The SMILES string of the molecule is CCOC(=O)C1CCN(C(=O)Nc2cccc(-c3nnco3)c2)CC1. The number of nitrogens with zero attached hydrogens (tertiary/aromatic N) is 3. The molecular weight excluding hydrogens is 324 g/mol. The molecule has 1 N–H and O–H groups in total. The topological polar surface area (TPSA) is 97.6 Å². The number of benzene rings is 1. The molecule has 2 amide bonds. The number of urea groups is 1. The van der Waals surface area contributed by atoms with E-state index >= 15 is 0 Å². The van der Waals surface area contributed by atoms with Crippen molar-refractivity contribution in [2.75, 3.05) is 25.0 Å². The fourth-order valence-corrected chi connectivity index (χ4v) is 2.81. The first-order valence-corrected chi connectivity index (χ1v) is 8.26. The molecule has 8 heteroatoms. The zero-order valence-electron chi connectivity index (χ0n) is 14.0. The Hall–Kier alpha value is -2.90. The maximum absolute atomic E-state index is 12.4. The van der Waals surface area contributed by atoms with Crippen LogP contribution < -0.4 is 5.32 Å². The number of carbonyl (C=O) groups is 2. The number of carbonyl (C=O) groups excluding carboxylic acids is 2. The van der Waals surface area contributed by atoms with Crippen molar-refractivity contribution in [2.24, 2.45) is 5.92 Å². The number of nitrogens with one attached hydrogen (secondary N) is 1. The molecule has 1 aliphatic heterocycles. The highest BCUT2D eigenvalue weighted by Crippen LogP contribution is 2.22. The minimum absolute atomic E-state index is 0.121. The first-order chi connectivity index (χ1) is 12.2. The number of rotatable bonds is 4. The summed E-state index contributed by atoms with van der Waals surface area (Å²) in [4.78, 5) is 25.9. The highest BCUT2D eigenvalue weighted by Gasteiger charge is 2.28. The Bertz CT molecular complexity index is 724. The molecule has 1 saturated heterocycles. The van der Waals surface area contributed by atoms with Crippen LogP contribution in [-0.4, -0.2) is 46.8 Å². The standard InChI is InChI=1S/C17H20N4O4/c1-2-24-16(22)12-6-8-21(9-7-12)17(23)19-14-5-3-4-13(10-14)15-20-18-11-25-15/h3-5,10-12H,2,6-9H2,1H3,(H,19,23). The van der Waals surface area contributed by atoms with E-state index in [0.717, 1.165) is 5.56 Å². The fourth-order valence-electron chi connectivity index (χ4n) is 2.81. The molecule has 0 unspecified atom stereocenters. The second kappa shape index (κ2) is 7.78. The van der Waals surface area contributed by atoms with E-state index in [4.69, 9.17) is 9.15 Å². The van der Waals surface area contributed by atoms with E-state index in [1.165, 1.54) is 6.39 Å². The monoisotopic (exact) mass is 344 g/mol. The third-order valence-corrected chi connectivity index (χ3v) is 4.12. The summed E-state index contributed by atoms with van der Waals surface area (Å²) < 4.78 is 10.2. The molecule has 0 bridgehead atoms. The van der Waals surface area contributed by atoms with Crippen molar-refractivity contribution >= 4 is 17.7 Å². The van der Waals surface area contributed by atoms with Crippen molar-refractivity contribution in [3.8, 4) is 11.5 Å². The van der Waals surface area contributed by atoms with Crippen molar-refractivity contribution in [2.45, 2.75) is 19.8 Å². The van der Waals surface area contributed by atoms with Crippen molar-refractivity contribution in [1.29, 1.82) is 0 Å². The Balaban J connectivity index is 1.57. The zero-order chi connectivity index (χ0) is 17.6. The van der Waals surface area contributed by atoms with Gasteiger partial charge in [0.25, 0.3) is 0 Å². The minimum atomic E-state index is -0.190. The van der Waals surface area contributed by atoms with Gasteiger partial charge in [0, 0.05) is 24.3 Å². The Morgan fingerprint density at radius 2 is 2.16 bits per heavy atom. The van der Waals surface area contributed by atoms with Gasteiger partial charge in [-0.2, -0.15) is 0 Å². The summed E-state index contributed by atoms with van der Waals surface area (Å²) in [5.41, 5.74) is 1.38. The van der Waals surface area contributed by atoms with Gasteiger partial charge in [0.15, 0.2) is 0 Å². The van der Waals surface area contributed by atoms with Gasteiger partial charge in [-0.3, -0.25) is 4.79 Å². The van der Waals surface area contributed by atoms with Crippen molar-refractivity contribution in [3.63, 3.8) is 0 Å². The lowest BCUT2D eigenvalue weighted by atomic mass is 9.97. The molecule has 1 aromatic heterocycles. The van der Waals surface area contributed by atoms with Crippen LogP contribution in [0.4, 0.5) is 10.5 Å². The second-order valence-corrected chi connectivity index (χ2v) is 5.77. The molecule has 2 heterocycles. The molecule has 3 rings (SSSR count). The molecule has 8 nitrogen and oxygen atoms in total. The van der Waals surface area contributed by atoms with Gasteiger partial charge < -0.3 is 19.4 Å². The van der Waals surface area contributed by atoms with Crippen LogP contribution in [-0.2, 0) is 9.53 Å². The van der Waals surface area contributed by atoms with Crippen LogP contribution in [0.25, 0.3) is 11.5 Å². The fraction of sp³-hybridized carbons (Fsp3) is 0.412. The largest absolute Gasteiger partial charge is 0.466 e. The van der Waals surface area contributed by atoms with Crippen LogP contribution in [0.15, 0.2) is 35.1 Å². The molecule has 0 saturated carbocycles. The van der Waals surface area contributed by atoms with Gasteiger partial charge in [-0.1, -0.05) is 6.07 Å². The van der Waals surface area contributed by atoms with Crippen molar-refractivity contribution in [3.05, 3.63) is 30.7 Å². The second-order valence-electron chi connectivity index (χ2n) is 5.77. The Labute approximate surface area is 145 Å². The number of anilines is 1. The van der Waals surface area contributed by atoms with Gasteiger partial charge in [-0.15, -0.1) is 10.2 Å². The quantitative estimate of drug-likeness (QED) is 0.856. The maximum atomic E-state index is 12.4. The molecule has 2 aromatic rings. The van der Waals surface area contributed by atoms with Crippen molar-refractivity contribution < 1.29 is 18.7 Å². The molecular formula is C17H20N4O4.